The minimum absolute atomic E-state index is 0.291. The van der Waals surface area contributed by atoms with Crippen LogP contribution in [-0.2, 0) is 9.53 Å². The molecule has 7 heteroatoms. The number of carbonyl (C=O) groups excluding carboxylic acids is 2. The average molecular weight is 384 g/mol. The SMILES string of the molecule is Cc1nn(-c2ccccc2)c(C)c1NC(=O)COC(=O)c1cccc(Cl)c1. The summed E-state index contributed by atoms with van der Waals surface area (Å²) in [7, 11) is 0. The number of aryl methyl sites for hydroxylation is 1. The van der Waals surface area contributed by atoms with Gasteiger partial charge in [0.1, 0.15) is 0 Å². The molecule has 0 fully saturated rings. The molecule has 1 amide bonds. The predicted molar refractivity (Wildman–Crippen MR) is 103 cm³/mol. The van der Waals surface area contributed by atoms with E-state index >= 15 is 0 Å². The fraction of sp³-hybridized carbons (Fsp3) is 0.150. The zero-order chi connectivity index (χ0) is 19.4. The van der Waals surface area contributed by atoms with E-state index in [1.807, 2.05) is 37.3 Å². The third-order valence-electron chi connectivity index (χ3n) is 3.95. The van der Waals surface area contributed by atoms with Crippen molar-refractivity contribution in [1.82, 2.24) is 9.78 Å². The quantitative estimate of drug-likeness (QED) is 0.677. The van der Waals surface area contributed by atoms with Crippen molar-refractivity contribution in [1.29, 1.82) is 0 Å². The number of para-hydroxylation sites is 1. The van der Waals surface area contributed by atoms with Crippen LogP contribution in [-0.4, -0.2) is 28.3 Å². The molecule has 0 spiro atoms. The van der Waals surface area contributed by atoms with Crippen LogP contribution >= 0.6 is 11.6 Å². The van der Waals surface area contributed by atoms with E-state index in [0.29, 0.717) is 22.0 Å². The standard InChI is InChI=1S/C20H18ClN3O3/c1-13-19(14(2)24(23-13)17-9-4-3-5-10-17)22-18(25)12-27-20(26)15-7-6-8-16(21)11-15/h3-11H,12H2,1-2H3,(H,22,25). The van der Waals surface area contributed by atoms with Crippen LogP contribution in [0, 0.1) is 13.8 Å². The molecule has 6 nitrogen and oxygen atoms in total. The summed E-state index contributed by atoms with van der Waals surface area (Å²) in [4.78, 5) is 24.2. The summed E-state index contributed by atoms with van der Waals surface area (Å²) in [5.74, 6) is -1.05. The van der Waals surface area contributed by atoms with E-state index in [4.69, 9.17) is 16.3 Å². The van der Waals surface area contributed by atoms with Gasteiger partial charge in [0.15, 0.2) is 6.61 Å². The Morgan fingerprint density at radius 1 is 1.11 bits per heavy atom. The molecule has 1 heterocycles. The molecular formula is C20H18ClN3O3. The molecule has 0 atom stereocenters. The van der Waals surface area contributed by atoms with Gasteiger partial charge >= 0.3 is 5.97 Å². The molecule has 1 N–H and O–H groups in total. The van der Waals surface area contributed by atoms with Gasteiger partial charge in [0.2, 0.25) is 0 Å². The third-order valence-corrected chi connectivity index (χ3v) is 4.19. The van der Waals surface area contributed by atoms with E-state index in [-0.39, 0.29) is 0 Å². The first kappa shape index (κ1) is 18.7. The third kappa shape index (κ3) is 4.35. The van der Waals surface area contributed by atoms with Crippen LogP contribution in [0.25, 0.3) is 5.69 Å². The van der Waals surface area contributed by atoms with Crippen LogP contribution in [0.3, 0.4) is 0 Å². The number of halogens is 1. The number of benzene rings is 2. The van der Waals surface area contributed by atoms with Gasteiger partial charge in [-0.25, -0.2) is 9.48 Å². The molecule has 0 bridgehead atoms. The van der Waals surface area contributed by atoms with Crippen LogP contribution in [0.2, 0.25) is 5.02 Å². The van der Waals surface area contributed by atoms with E-state index < -0.39 is 18.5 Å². The highest BCUT2D eigenvalue weighted by molar-refractivity contribution is 6.30. The Kier molecular flexibility index (Phi) is 5.57. The number of aromatic nitrogens is 2. The van der Waals surface area contributed by atoms with Crippen molar-refractivity contribution in [2.45, 2.75) is 13.8 Å². The summed E-state index contributed by atoms with van der Waals surface area (Å²) >= 11 is 5.85. The van der Waals surface area contributed by atoms with Crippen LogP contribution in [0.1, 0.15) is 21.7 Å². The molecule has 3 rings (SSSR count). The van der Waals surface area contributed by atoms with Gasteiger partial charge in [-0.3, -0.25) is 4.79 Å². The lowest BCUT2D eigenvalue weighted by Gasteiger charge is -2.08. The number of esters is 1. The second-order valence-electron chi connectivity index (χ2n) is 5.93. The second kappa shape index (κ2) is 8.05. The number of anilines is 1. The van der Waals surface area contributed by atoms with Gasteiger partial charge < -0.3 is 10.1 Å². The number of amides is 1. The summed E-state index contributed by atoms with van der Waals surface area (Å²) in [6.45, 7) is 3.27. The Labute approximate surface area is 161 Å². The van der Waals surface area contributed by atoms with Gasteiger partial charge in [-0.2, -0.15) is 5.10 Å². The molecule has 3 aromatic rings. The molecule has 0 aliphatic heterocycles. The molecule has 2 aromatic carbocycles. The fourth-order valence-electron chi connectivity index (χ4n) is 2.65. The summed E-state index contributed by atoms with van der Waals surface area (Å²) in [6, 6.07) is 16.0. The van der Waals surface area contributed by atoms with Gasteiger partial charge in [0, 0.05) is 5.02 Å². The van der Waals surface area contributed by atoms with E-state index in [1.54, 1.807) is 29.8 Å². The number of hydrogen-bond donors (Lipinski definition) is 1. The maximum absolute atomic E-state index is 12.2. The van der Waals surface area contributed by atoms with Crippen molar-refractivity contribution in [3.63, 3.8) is 0 Å². The van der Waals surface area contributed by atoms with Gasteiger partial charge in [-0.05, 0) is 44.2 Å². The zero-order valence-corrected chi connectivity index (χ0v) is 15.7. The Morgan fingerprint density at radius 2 is 1.85 bits per heavy atom. The van der Waals surface area contributed by atoms with Crippen molar-refractivity contribution >= 4 is 29.2 Å². The maximum atomic E-state index is 12.2. The lowest BCUT2D eigenvalue weighted by atomic mass is 10.2. The van der Waals surface area contributed by atoms with Crippen LogP contribution < -0.4 is 5.32 Å². The summed E-state index contributed by atoms with van der Waals surface area (Å²) < 4.78 is 6.80. The Hall–Kier alpha value is -3.12. The van der Waals surface area contributed by atoms with Crippen molar-refractivity contribution < 1.29 is 14.3 Å². The maximum Gasteiger partial charge on any atom is 0.338 e. The highest BCUT2D eigenvalue weighted by atomic mass is 35.5. The largest absolute Gasteiger partial charge is 0.452 e. The number of nitrogens with one attached hydrogen (secondary N) is 1. The molecule has 0 radical (unpaired) electrons. The molecule has 138 valence electrons. The Balaban J connectivity index is 1.66. The highest BCUT2D eigenvalue weighted by Crippen LogP contribution is 2.22. The van der Waals surface area contributed by atoms with Gasteiger partial charge in [-0.15, -0.1) is 0 Å². The number of ether oxygens (including phenoxy) is 1. The monoisotopic (exact) mass is 383 g/mol. The molecular weight excluding hydrogens is 366 g/mol. The second-order valence-corrected chi connectivity index (χ2v) is 6.36. The molecule has 27 heavy (non-hydrogen) atoms. The normalized spacial score (nSPS) is 10.5. The lowest BCUT2D eigenvalue weighted by molar-refractivity contribution is -0.119. The number of rotatable bonds is 5. The number of carbonyl (C=O) groups is 2. The minimum Gasteiger partial charge on any atom is -0.452 e. The molecule has 1 aromatic heterocycles. The first-order valence-corrected chi connectivity index (χ1v) is 8.67. The van der Waals surface area contributed by atoms with E-state index in [9.17, 15) is 9.59 Å². The predicted octanol–water partition coefficient (Wildman–Crippen LogP) is 3.94. The van der Waals surface area contributed by atoms with Gasteiger partial charge in [0.05, 0.1) is 28.3 Å². The van der Waals surface area contributed by atoms with Crippen LogP contribution in [0.5, 0.6) is 0 Å². The number of hydrogen-bond acceptors (Lipinski definition) is 4. The summed E-state index contributed by atoms with van der Waals surface area (Å²) in [5, 5.41) is 7.65. The molecule has 0 unspecified atom stereocenters. The first-order valence-electron chi connectivity index (χ1n) is 8.30. The zero-order valence-electron chi connectivity index (χ0n) is 14.9. The smallest absolute Gasteiger partial charge is 0.338 e. The van der Waals surface area contributed by atoms with Crippen molar-refractivity contribution in [2.24, 2.45) is 0 Å². The summed E-state index contributed by atoms with van der Waals surface area (Å²) in [5.41, 5.74) is 3.24. The Morgan fingerprint density at radius 3 is 2.56 bits per heavy atom. The van der Waals surface area contributed by atoms with E-state index in [0.717, 1.165) is 11.4 Å². The van der Waals surface area contributed by atoms with Gasteiger partial charge in [0.25, 0.3) is 5.91 Å². The topological polar surface area (TPSA) is 73.2 Å². The van der Waals surface area contributed by atoms with Crippen molar-refractivity contribution in [2.75, 3.05) is 11.9 Å². The Bertz CT molecular complexity index is 983. The molecule has 0 aliphatic rings. The van der Waals surface area contributed by atoms with Crippen LogP contribution in [0.15, 0.2) is 54.6 Å². The average Bonchev–Trinajstić information content (AvgIpc) is 2.95. The lowest BCUT2D eigenvalue weighted by Crippen LogP contribution is -2.21. The minimum atomic E-state index is -0.610. The van der Waals surface area contributed by atoms with Crippen LogP contribution in [0.4, 0.5) is 5.69 Å². The van der Waals surface area contributed by atoms with Crippen molar-refractivity contribution in [3.05, 3.63) is 76.6 Å². The van der Waals surface area contributed by atoms with E-state index in [2.05, 4.69) is 10.4 Å². The molecule has 0 saturated heterocycles. The van der Waals surface area contributed by atoms with E-state index in [1.165, 1.54) is 6.07 Å². The van der Waals surface area contributed by atoms with Crippen molar-refractivity contribution in [3.8, 4) is 5.69 Å². The molecule has 0 aliphatic carbocycles. The molecule has 0 saturated carbocycles. The van der Waals surface area contributed by atoms with Gasteiger partial charge in [-0.1, -0.05) is 35.9 Å². The first-order chi connectivity index (χ1) is 13.0. The summed E-state index contributed by atoms with van der Waals surface area (Å²) in [6.07, 6.45) is 0. The fourth-order valence-corrected chi connectivity index (χ4v) is 2.84. The number of nitrogens with zero attached hydrogens (tertiary/aromatic N) is 2. The highest BCUT2D eigenvalue weighted by Gasteiger charge is 2.16.